The van der Waals surface area contributed by atoms with E-state index in [4.69, 9.17) is 14.6 Å². The van der Waals surface area contributed by atoms with E-state index in [0.717, 1.165) is 31.3 Å². The van der Waals surface area contributed by atoms with Crippen LogP contribution in [0.5, 0.6) is 0 Å². The molecule has 0 radical (unpaired) electrons. The van der Waals surface area contributed by atoms with Crippen LogP contribution in [0.3, 0.4) is 0 Å². The van der Waals surface area contributed by atoms with Crippen molar-refractivity contribution in [1.82, 2.24) is 29.7 Å². The van der Waals surface area contributed by atoms with Crippen LogP contribution >= 0.6 is 0 Å². The minimum atomic E-state index is -4.94. The van der Waals surface area contributed by atoms with Gasteiger partial charge in [0.2, 0.25) is 11.6 Å². The van der Waals surface area contributed by atoms with E-state index in [-0.39, 0.29) is 59.5 Å². The zero-order chi connectivity index (χ0) is 39.4. The standard InChI is InChI=1S/C23H23F6N5O3.C11H17NO4/c1-21(2,3)37-20(36)34-14-6-11(7-14)17(34)16(35)5-4-13-8-15(33-19(32-13)23(27,28)29)12-9-30-18(31-10-12)22(24,25)26;1-11(2,3)16-10(15)12-7-4-6(5-7)8(12)9(13)14/h8-11,14,17H,4-7H2,1-3H3;6-8H,4-5H2,1-3H3,(H,13,14). The van der Waals surface area contributed by atoms with Crippen molar-refractivity contribution in [2.75, 3.05) is 0 Å². The molecular weight excluding hydrogens is 718 g/mol. The lowest BCUT2D eigenvalue weighted by molar-refractivity contribution is -0.145. The van der Waals surface area contributed by atoms with Crippen LogP contribution in [-0.2, 0) is 37.8 Å². The van der Waals surface area contributed by atoms with Crippen LogP contribution in [0.1, 0.15) is 91.0 Å². The first kappa shape index (κ1) is 39.6. The molecule has 6 fully saturated rings. The van der Waals surface area contributed by atoms with Crippen molar-refractivity contribution in [2.45, 2.75) is 128 Å². The van der Waals surface area contributed by atoms with Gasteiger partial charge in [0.25, 0.3) is 0 Å². The second-order valence-corrected chi connectivity index (χ2v) is 15.6. The first-order chi connectivity index (χ1) is 24.3. The molecule has 19 heteroatoms. The van der Waals surface area contributed by atoms with Crippen molar-refractivity contribution in [2.24, 2.45) is 11.8 Å². The summed E-state index contributed by atoms with van der Waals surface area (Å²) in [7, 11) is 0. The molecule has 8 rings (SSSR count). The predicted molar refractivity (Wildman–Crippen MR) is 171 cm³/mol. The van der Waals surface area contributed by atoms with E-state index < -0.39 is 65.4 Å². The molecule has 2 atom stereocenters. The number of amides is 2. The molecule has 0 spiro atoms. The molecule has 6 heterocycles. The highest BCUT2D eigenvalue weighted by atomic mass is 19.4. The molecule has 2 unspecified atom stereocenters. The Morgan fingerprint density at radius 2 is 1.19 bits per heavy atom. The maximum Gasteiger partial charge on any atom is 0.451 e. The molecule has 4 saturated heterocycles. The molecule has 13 nitrogen and oxygen atoms in total. The number of halogens is 6. The van der Waals surface area contributed by atoms with Gasteiger partial charge in [-0.25, -0.2) is 34.3 Å². The van der Waals surface area contributed by atoms with Gasteiger partial charge in [-0.05, 0) is 91.5 Å². The number of aromatic nitrogens is 4. The van der Waals surface area contributed by atoms with Crippen LogP contribution < -0.4 is 0 Å². The molecule has 2 saturated carbocycles. The second kappa shape index (κ2) is 14.0. The molecule has 2 aromatic rings. The van der Waals surface area contributed by atoms with Gasteiger partial charge in [0.05, 0.1) is 11.7 Å². The summed E-state index contributed by atoms with van der Waals surface area (Å²) in [5.74, 6) is -4.13. The highest BCUT2D eigenvalue weighted by Crippen LogP contribution is 2.48. The summed E-state index contributed by atoms with van der Waals surface area (Å²) >= 11 is 0. The number of hydrogen-bond donors (Lipinski definition) is 1. The number of Topliss-reactive ketones (excluding diaryl/α,β-unsaturated/α-hetero) is 1. The smallest absolute Gasteiger partial charge is 0.451 e. The Bertz CT molecular complexity index is 1730. The van der Waals surface area contributed by atoms with Crippen LogP contribution in [0.4, 0.5) is 35.9 Å². The van der Waals surface area contributed by atoms with Gasteiger partial charge >= 0.3 is 30.5 Å². The molecule has 2 amide bonds. The van der Waals surface area contributed by atoms with Gasteiger partial charge in [-0.1, -0.05) is 0 Å². The largest absolute Gasteiger partial charge is 0.480 e. The fourth-order valence-electron chi connectivity index (χ4n) is 6.94. The van der Waals surface area contributed by atoms with E-state index in [9.17, 15) is 45.5 Å². The Hall–Kier alpha value is -4.58. The highest BCUT2D eigenvalue weighted by Gasteiger charge is 2.57. The Labute approximate surface area is 300 Å². The summed E-state index contributed by atoms with van der Waals surface area (Å²) in [6.45, 7) is 10.4. The molecule has 53 heavy (non-hydrogen) atoms. The molecule has 2 aliphatic carbocycles. The number of ketones is 1. The van der Waals surface area contributed by atoms with Crippen LogP contribution in [0.25, 0.3) is 11.3 Å². The molecule has 0 aromatic carbocycles. The Kier molecular flexibility index (Phi) is 10.5. The van der Waals surface area contributed by atoms with Crippen molar-refractivity contribution in [3.63, 3.8) is 0 Å². The molecule has 1 N–H and O–H groups in total. The summed E-state index contributed by atoms with van der Waals surface area (Å²) in [5, 5.41) is 9.08. The van der Waals surface area contributed by atoms with E-state index in [2.05, 4.69) is 19.9 Å². The Morgan fingerprint density at radius 1 is 0.736 bits per heavy atom. The van der Waals surface area contributed by atoms with E-state index in [1.165, 1.54) is 9.80 Å². The second-order valence-electron chi connectivity index (χ2n) is 15.6. The number of carboxylic acids is 1. The summed E-state index contributed by atoms with van der Waals surface area (Å²) in [4.78, 5) is 64.7. The SMILES string of the molecule is CC(C)(C)OC(=O)N1C2CC(C2)C1C(=O)CCc1cc(-c2cnc(C(F)(F)F)nc2)nc(C(F)(F)F)n1.CC(C)(C)OC(=O)N1C2CC(C2)C1C(=O)O. The lowest BCUT2D eigenvalue weighted by atomic mass is 9.81. The van der Waals surface area contributed by atoms with Gasteiger partial charge in [0.15, 0.2) is 5.78 Å². The number of nitrogens with zero attached hydrogens (tertiary/aromatic N) is 6. The number of alkyl halides is 6. The topological polar surface area (TPSA) is 165 Å². The van der Waals surface area contributed by atoms with Crippen molar-refractivity contribution in [1.29, 1.82) is 0 Å². The van der Waals surface area contributed by atoms with E-state index in [1.807, 2.05) is 0 Å². The monoisotopic (exact) mass is 758 g/mol. The number of aryl methyl sites for hydroxylation is 1. The Morgan fingerprint density at radius 3 is 1.62 bits per heavy atom. The Balaban J connectivity index is 0.000000281. The third kappa shape index (κ3) is 8.97. The van der Waals surface area contributed by atoms with E-state index in [0.29, 0.717) is 12.8 Å². The quantitative estimate of drug-likeness (QED) is 0.327. The molecule has 4 aliphatic heterocycles. The summed E-state index contributed by atoms with van der Waals surface area (Å²) < 4.78 is 89.1. The average Bonchev–Trinajstić information content (AvgIpc) is 3.74. The minimum absolute atomic E-state index is 0.0407. The average molecular weight is 759 g/mol. The van der Waals surface area contributed by atoms with Gasteiger partial charge in [-0.3, -0.25) is 14.6 Å². The van der Waals surface area contributed by atoms with Gasteiger partial charge in [0, 0.05) is 42.2 Å². The van der Waals surface area contributed by atoms with Gasteiger partial charge < -0.3 is 14.6 Å². The summed E-state index contributed by atoms with van der Waals surface area (Å²) in [6, 6.07) is -0.308. The van der Waals surface area contributed by atoms with Crippen molar-refractivity contribution < 1.29 is 60.1 Å². The molecular formula is C34H40F6N6O7. The number of hydrogen-bond acceptors (Lipinski definition) is 10. The predicted octanol–water partition coefficient (Wildman–Crippen LogP) is 6.34. The molecule has 6 aliphatic rings. The number of carbonyl (C=O) groups is 4. The number of ether oxygens (including phenoxy) is 2. The zero-order valence-corrected chi connectivity index (χ0v) is 29.8. The molecule has 4 bridgehead atoms. The van der Waals surface area contributed by atoms with Crippen LogP contribution in [0.2, 0.25) is 0 Å². The maximum atomic E-state index is 13.4. The number of carboxylic acid groups (broad SMARTS) is 1. The number of aliphatic carboxylic acids is 1. The fraction of sp³-hybridized carbons (Fsp3) is 0.647. The first-order valence-corrected chi connectivity index (χ1v) is 17.0. The van der Waals surface area contributed by atoms with E-state index >= 15 is 0 Å². The fourth-order valence-corrected chi connectivity index (χ4v) is 6.94. The summed E-state index contributed by atoms with van der Waals surface area (Å²) in [5.41, 5.74) is -1.99. The summed E-state index contributed by atoms with van der Waals surface area (Å²) in [6.07, 6.45) is -6.92. The van der Waals surface area contributed by atoms with Gasteiger partial charge in [-0.15, -0.1) is 0 Å². The van der Waals surface area contributed by atoms with Crippen LogP contribution in [0.15, 0.2) is 18.5 Å². The minimum Gasteiger partial charge on any atom is -0.480 e. The molecule has 290 valence electrons. The third-order valence-electron chi connectivity index (χ3n) is 9.23. The van der Waals surface area contributed by atoms with Gasteiger partial charge in [0.1, 0.15) is 17.2 Å². The van der Waals surface area contributed by atoms with Crippen LogP contribution in [-0.4, -0.2) is 94.2 Å². The van der Waals surface area contributed by atoms with Crippen molar-refractivity contribution in [3.05, 3.63) is 35.8 Å². The first-order valence-electron chi connectivity index (χ1n) is 17.0. The zero-order valence-electron chi connectivity index (χ0n) is 29.8. The molecule has 2 aromatic heterocycles. The van der Waals surface area contributed by atoms with E-state index in [1.54, 1.807) is 41.5 Å². The van der Waals surface area contributed by atoms with Crippen molar-refractivity contribution in [3.8, 4) is 11.3 Å². The number of rotatable bonds is 6. The lowest BCUT2D eigenvalue weighted by Crippen LogP contribution is -2.44. The van der Waals surface area contributed by atoms with Crippen molar-refractivity contribution >= 4 is 23.9 Å². The number of carbonyl (C=O) groups excluding carboxylic acids is 3. The lowest BCUT2D eigenvalue weighted by Gasteiger charge is -2.29. The maximum absolute atomic E-state index is 13.4. The third-order valence-corrected chi connectivity index (χ3v) is 9.23. The van der Waals surface area contributed by atoms with Gasteiger partial charge in [-0.2, -0.15) is 26.3 Å². The van der Waals surface area contributed by atoms with Crippen LogP contribution in [0, 0.1) is 11.8 Å². The number of fused-ring (bicyclic) bond motifs is 2. The highest BCUT2D eigenvalue weighted by molar-refractivity contribution is 5.89. The normalized spacial score (nSPS) is 24.8.